The second-order valence-corrected chi connectivity index (χ2v) is 7.08. The summed E-state index contributed by atoms with van der Waals surface area (Å²) < 4.78 is 5.69. The van der Waals surface area contributed by atoms with Crippen LogP contribution in [-0.4, -0.2) is 40.2 Å². The standard InChI is InChI=1S/C18H22N2O3S/c1-13-12-24-17(19-13)11-20(10-16-6-3-7-23-16)18(22)9-14-4-2-5-15(21)8-14/h2,4-5,8,12,16,21H,3,6-7,9-11H2,1H3. The number of nitrogens with zero attached hydrogens (tertiary/aromatic N) is 2. The van der Waals surface area contributed by atoms with Crippen LogP contribution in [0.4, 0.5) is 0 Å². The lowest BCUT2D eigenvalue weighted by molar-refractivity contribution is -0.132. The Kier molecular flexibility index (Phi) is 5.48. The molecule has 6 heteroatoms. The number of phenolic OH excluding ortho intramolecular Hbond substituents is 1. The second kappa shape index (κ2) is 7.77. The van der Waals surface area contributed by atoms with Gasteiger partial charge in [-0.15, -0.1) is 11.3 Å². The lowest BCUT2D eigenvalue weighted by Gasteiger charge is -2.25. The molecule has 0 saturated carbocycles. The number of aromatic hydroxyl groups is 1. The van der Waals surface area contributed by atoms with Crippen molar-refractivity contribution in [2.45, 2.75) is 38.8 Å². The molecule has 0 aliphatic carbocycles. The molecule has 1 atom stereocenters. The summed E-state index contributed by atoms with van der Waals surface area (Å²) in [4.78, 5) is 19.1. The molecule has 2 heterocycles. The number of amides is 1. The number of ether oxygens (including phenoxy) is 1. The molecule has 1 saturated heterocycles. The Morgan fingerprint density at radius 3 is 3.04 bits per heavy atom. The van der Waals surface area contributed by atoms with E-state index < -0.39 is 0 Å². The maximum Gasteiger partial charge on any atom is 0.227 e. The number of carbonyl (C=O) groups excluding carboxylic acids is 1. The Hall–Kier alpha value is -1.92. The molecule has 1 aliphatic rings. The lowest BCUT2D eigenvalue weighted by atomic mass is 10.1. The van der Waals surface area contributed by atoms with Gasteiger partial charge in [0.25, 0.3) is 0 Å². The normalized spacial score (nSPS) is 17.1. The predicted molar refractivity (Wildman–Crippen MR) is 93.1 cm³/mol. The molecule has 1 fully saturated rings. The third-order valence-electron chi connectivity index (χ3n) is 4.06. The molecule has 0 spiro atoms. The van der Waals surface area contributed by atoms with Gasteiger partial charge in [-0.3, -0.25) is 4.79 Å². The van der Waals surface area contributed by atoms with Crippen LogP contribution in [0.1, 0.15) is 29.1 Å². The number of hydrogen-bond acceptors (Lipinski definition) is 5. The number of hydrogen-bond donors (Lipinski definition) is 1. The molecule has 128 valence electrons. The number of thiazole rings is 1. The fourth-order valence-corrected chi connectivity index (χ4v) is 3.67. The average Bonchev–Trinajstić information content (AvgIpc) is 3.18. The largest absolute Gasteiger partial charge is 0.508 e. The van der Waals surface area contributed by atoms with Crippen molar-refractivity contribution >= 4 is 17.2 Å². The lowest BCUT2D eigenvalue weighted by Crippen LogP contribution is -2.37. The molecule has 1 aliphatic heterocycles. The van der Waals surface area contributed by atoms with E-state index in [9.17, 15) is 9.90 Å². The van der Waals surface area contributed by atoms with Crippen molar-refractivity contribution in [2.75, 3.05) is 13.2 Å². The van der Waals surface area contributed by atoms with Crippen molar-refractivity contribution < 1.29 is 14.6 Å². The Balaban J connectivity index is 1.70. The summed E-state index contributed by atoms with van der Waals surface area (Å²) in [5.74, 6) is 0.213. The number of rotatable bonds is 6. The summed E-state index contributed by atoms with van der Waals surface area (Å²) in [5, 5.41) is 12.5. The van der Waals surface area contributed by atoms with E-state index in [0.717, 1.165) is 35.7 Å². The van der Waals surface area contributed by atoms with E-state index in [4.69, 9.17) is 4.74 Å². The Morgan fingerprint density at radius 2 is 2.38 bits per heavy atom. The van der Waals surface area contributed by atoms with E-state index in [1.807, 2.05) is 23.3 Å². The van der Waals surface area contributed by atoms with Crippen LogP contribution in [0.15, 0.2) is 29.6 Å². The van der Waals surface area contributed by atoms with E-state index in [2.05, 4.69) is 4.98 Å². The molecule has 1 amide bonds. The molecule has 0 radical (unpaired) electrons. The monoisotopic (exact) mass is 346 g/mol. The first kappa shape index (κ1) is 16.9. The number of aromatic nitrogens is 1. The van der Waals surface area contributed by atoms with Crippen LogP contribution >= 0.6 is 11.3 Å². The highest BCUT2D eigenvalue weighted by Gasteiger charge is 2.23. The van der Waals surface area contributed by atoms with Gasteiger partial charge in [-0.05, 0) is 37.5 Å². The van der Waals surface area contributed by atoms with Crippen molar-refractivity contribution in [2.24, 2.45) is 0 Å². The van der Waals surface area contributed by atoms with Gasteiger partial charge in [-0.2, -0.15) is 0 Å². The topological polar surface area (TPSA) is 62.7 Å². The summed E-state index contributed by atoms with van der Waals surface area (Å²) in [6.45, 7) is 3.83. The molecule has 3 rings (SSSR count). The van der Waals surface area contributed by atoms with Gasteiger partial charge < -0.3 is 14.7 Å². The van der Waals surface area contributed by atoms with Crippen LogP contribution in [0.3, 0.4) is 0 Å². The fraction of sp³-hybridized carbons (Fsp3) is 0.444. The van der Waals surface area contributed by atoms with Gasteiger partial charge in [-0.1, -0.05) is 12.1 Å². The number of phenols is 1. The maximum atomic E-state index is 12.8. The molecule has 1 unspecified atom stereocenters. The van der Waals surface area contributed by atoms with Gasteiger partial charge in [0.15, 0.2) is 0 Å². The van der Waals surface area contributed by atoms with Gasteiger partial charge >= 0.3 is 0 Å². The van der Waals surface area contributed by atoms with Gasteiger partial charge in [0.2, 0.25) is 5.91 Å². The molecular formula is C18H22N2O3S. The van der Waals surface area contributed by atoms with Crippen LogP contribution < -0.4 is 0 Å². The first-order chi connectivity index (χ1) is 11.6. The first-order valence-corrected chi connectivity index (χ1v) is 9.06. The van der Waals surface area contributed by atoms with Crippen molar-refractivity contribution in [1.82, 2.24) is 9.88 Å². The van der Waals surface area contributed by atoms with Gasteiger partial charge in [0.1, 0.15) is 10.8 Å². The minimum atomic E-state index is 0.0314. The van der Waals surface area contributed by atoms with Crippen LogP contribution in [0.25, 0.3) is 0 Å². The molecular weight excluding hydrogens is 324 g/mol. The van der Waals surface area contributed by atoms with Gasteiger partial charge in [-0.25, -0.2) is 4.98 Å². The van der Waals surface area contributed by atoms with Crippen LogP contribution in [-0.2, 0) is 22.5 Å². The quantitative estimate of drug-likeness (QED) is 0.873. The molecule has 24 heavy (non-hydrogen) atoms. The molecule has 1 aromatic carbocycles. The predicted octanol–water partition coefficient (Wildman–Crippen LogP) is 2.91. The highest BCUT2D eigenvalue weighted by Crippen LogP contribution is 2.19. The Morgan fingerprint density at radius 1 is 1.50 bits per heavy atom. The third-order valence-corrected chi connectivity index (χ3v) is 5.01. The van der Waals surface area contributed by atoms with Crippen molar-refractivity contribution in [3.8, 4) is 5.75 Å². The van der Waals surface area contributed by atoms with Crippen molar-refractivity contribution in [3.63, 3.8) is 0 Å². The van der Waals surface area contributed by atoms with Crippen LogP contribution in [0.2, 0.25) is 0 Å². The zero-order valence-corrected chi connectivity index (χ0v) is 14.6. The van der Waals surface area contributed by atoms with E-state index in [1.54, 1.807) is 29.5 Å². The van der Waals surface area contributed by atoms with E-state index >= 15 is 0 Å². The molecule has 1 N–H and O–H groups in total. The van der Waals surface area contributed by atoms with Gasteiger partial charge in [0.05, 0.1) is 19.1 Å². The molecule has 2 aromatic rings. The minimum Gasteiger partial charge on any atom is -0.508 e. The van der Waals surface area contributed by atoms with Gasteiger partial charge in [0, 0.05) is 24.2 Å². The summed E-state index contributed by atoms with van der Waals surface area (Å²) >= 11 is 1.58. The fourth-order valence-electron chi connectivity index (χ4n) is 2.88. The minimum absolute atomic E-state index is 0.0314. The molecule has 1 aromatic heterocycles. The number of aryl methyl sites for hydroxylation is 1. The van der Waals surface area contributed by atoms with Crippen molar-refractivity contribution in [3.05, 3.63) is 45.9 Å². The Labute approximate surface area is 145 Å². The summed E-state index contributed by atoms with van der Waals surface area (Å²) in [6.07, 6.45) is 2.42. The van der Waals surface area contributed by atoms with E-state index in [1.165, 1.54) is 0 Å². The van der Waals surface area contributed by atoms with Crippen molar-refractivity contribution in [1.29, 1.82) is 0 Å². The zero-order chi connectivity index (χ0) is 16.9. The molecule has 5 nitrogen and oxygen atoms in total. The van der Waals surface area contributed by atoms with E-state index in [0.29, 0.717) is 13.1 Å². The third kappa shape index (κ3) is 4.55. The van der Waals surface area contributed by atoms with E-state index in [-0.39, 0.29) is 24.2 Å². The summed E-state index contributed by atoms with van der Waals surface area (Å²) in [5.41, 5.74) is 1.79. The first-order valence-electron chi connectivity index (χ1n) is 8.18. The molecule has 0 bridgehead atoms. The number of benzene rings is 1. The SMILES string of the molecule is Cc1csc(CN(CC2CCCO2)C(=O)Cc2cccc(O)c2)n1. The maximum absolute atomic E-state index is 12.8. The Bertz CT molecular complexity index is 695. The highest BCUT2D eigenvalue weighted by molar-refractivity contribution is 7.09. The van der Waals surface area contributed by atoms with Crippen LogP contribution in [0.5, 0.6) is 5.75 Å². The second-order valence-electron chi connectivity index (χ2n) is 6.14. The average molecular weight is 346 g/mol. The zero-order valence-electron chi connectivity index (χ0n) is 13.8. The highest BCUT2D eigenvalue weighted by atomic mass is 32.1. The van der Waals surface area contributed by atoms with Crippen LogP contribution in [0, 0.1) is 6.92 Å². The number of carbonyl (C=O) groups is 1. The smallest absolute Gasteiger partial charge is 0.227 e. The summed E-state index contributed by atoms with van der Waals surface area (Å²) in [6, 6.07) is 6.86. The summed E-state index contributed by atoms with van der Waals surface area (Å²) in [7, 11) is 0.